The summed E-state index contributed by atoms with van der Waals surface area (Å²) in [6.07, 6.45) is 4.20. The third-order valence-corrected chi connectivity index (χ3v) is 4.32. The van der Waals surface area contributed by atoms with Gasteiger partial charge in [0.1, 0.15) is 0 Å². The first kappa shape index (κ1) is 10.5. The number of nitrogens with one attached hydrogen (secondary N) is 1. The van der Waals surface area contributed by atoms with Crippen LogP contribution in [0.4, 0.5) is 0 Å². The van der Waals surface area contributed by atoms with E-state index < -0.39 is 0 Å². The number of hydrogen-bond acceptors (Lipinski definition) is 1. The highest BCUT2D eigenvalue weighted by atomic mass is 15.0. The molecule has 0 aliphatic heterocycles. The second-order valence-corrected chi connectivity index (χ2v) is 7.07. The van der Waals surface area contributed by atoms with Crippen LogP contribution in [0.3, 0.4) is 0 Å². The molecule has 0 bridgehead atoms. The van der Waals surface area contributed by atoms with E-state index >= 15 is 0 Å². The smallest absolute Gasteiger partial charge is 0.0127 e. The van der Waals surface area contributed by atoms with Crippen molar-refractivity contribution in [2.45, 2.75) is 66.0 Å². The summed E-state index contributed by atoms with van der Waals surface area (Å²) in [5.41, 5.74) is 1.08. The van der Waals surface area contributed by atoms with Gasteiger partial charge < -0.3 is 5.32 Å². The van der Waals surface area contributed by atoms with Gasteiger partial charge in [0.05, 0.1) is 0 Å². The summed E-state index contributed by atoms with van der Waals surface area (Å²) in [5, 5.41) is 3.84. The van der Waals surface area contributed by atoms with Crippen molar-refractivity contribution in [1.29, 1.82) is 0 Å². The second kappa shape index (κ2) is 2.98. The van der Waals surface area contributed by atoms with Crippen molar-refractivity contribution in [2.24, 2.45) is 16.7 Å². The number of hydrogen-bond donors (Lipinski definition) is 1. The van der Waals surface area contributed by atoms with E-state index in [0.717, 1.165) is 18.0 Å². The van der Waals surface area contributed by atoms with Crippen molar-refractivity contribution in [3.63, 3.8) is 0 Å². The van der Waals surface area contributed by atoms with Crippen LogP contribution in [0.5, 0.6) is 0 Å². The van der Waals surface area contributed by atoms with Crippen LogP contribution in [-0.2, 0) is 0 Å². The number of rotatable bonds is 2. The molecule has 0 radical (unpaired) electrons. The summed E-state index contributed by atoms with van der Waals surface area (Å²) in [7, 11) is 0. The van der Waals surface area contributed by atoms with E-state index in [4.69, 9.17) is 0 Å². The minimum atomic E-state index is 0.495. The summed E-state index contributed by atoms with van der Waals surface area (Å²) in [6, 6.07) is 1.61. The lowest BCUT2D eigenvalue weighted by Gasteiger charge is -2.46. The Hall–Kier alpha value is -0.0400. The minimum absolute atomic E-state index is 0.495. The van der Waals surface area contributed by atoms with Crippen molar-refractivity contribution in [3.8, 4) is 0 Å². The fourth-order valence-corrected chi connectivity index (χ4v) is 2.75. The van der Waals surface area contributed by atoms with Gasteiger partial charge in [-0.1, -0.05) is 34.6 Å². The van der Waals surface area contributed by atoms with Gasteiger partial charge >= 0.3 is 0 Å². The highest BCUT2D eigenvalue weighted by molar-refractivity contribution is 5.05. The molecule has 2 aliphatic carbocycles. The molecule has 0 heterocycles. The predicted octanol–water partition coefficient (Wildman–Crippen LogP) is 3.20. The van der Waals surface area contributed by atoms with Gasteiger partial charge in [0, 0.05) is 12.1 Å². The SMILES string of the molecule is CC(C)(C)C1CCC1NC1CC1(C)C. The molecule has 0 aromatic heterocycles. The molecule has 2 aliphatic rings. The summed E-state index contributed by atoms with van der Waals surface area (Å²) < 4.78 is 0. The largest absolute Gasteiger partial charge is 0.310 e. The van der Waals surface area contributed by atoms with Gasteiger partial charge in [-0.2, -0.15) is 0 Å². The van der Waals surface area contributed by atoms with Crippen molar-refractivity contribution >= 4 is 0 Å². The maximum atomic E-state index is 3.84. The standard InChI is InChI=1S/C13H25N/c1-12(2,3)9-6-7-10(9)14-11-8-13(11,4)5/h9-11,14H,6-8H2,1-5H3. The normalized spacial score (nSPS) is 40.5. The molecule has 2 rings (SSSR count). The molecule has 0 amide bonds. The topological polar surface area (TPSA) is 12.0 Å². The van der Waals surface area contributed by atoms with E-state index in [1.165, 1.54) is 19.3 Å². The summed E-state index contributed by atoms with van der Waals surface area (Å²) >= 11 is 0. The van der Waals surface area contributed by atoms with E-state index in [9.17, 15) is 0 Å². The highest BCUT2D eigenvalue weighted by Gasteiger charge is 2.49. The first-order valence-corrected chi connectivity index (χ1v) is 6.07. The molecule has 0 aromatic carbocycles. The van der Waals surface area contributed by atoms with Crippen molar-refractivity contribution in [3.05, 3.63) is 0 Å². The zero-order chi connectivity index (χ0) is 10.6. The van der Waals surface area contributed by atoms with Gasteiger partial charge in [0.25, 0.3) is 0 Å². The van der Waals surface area contributed by atoms with E-state index in [2.05, 4.69) is 39.9 Å². The lowest BCUT2D eigenvalue weighted by atomic mass is 9.65. The average molecular weight is 195 g/mol. The monoisotopic (exact) mass is 195 g/mol. The van der Waals surface area contributed by atoms with Gasteiger partial charge in [0.2, 0.25) is 0 Å². The minimum Gasteiger partial charge on any atom is -0.310 e. The Balaban J connectivity index is 1.83. The fraction of sp³-hybridized carbons (Fsp3) is 1.00. The van der Waals surface area contributed by atoms with E-state index in [-0.39, 0.29) is 0 Å². The first-order chi connectivity index (χ1) is 6.31. The first-order valence-electron chi connectivity index (χ1n) is 6.07. The van der Waals surface area contributed by atoms with Gasteiger partial charge in [-0.15, -0.1) is 0 Å². The Labute approximate surface area is 88.7 Å². The lowest BCUT2D eigenvalue weighted by molar-refractivity contribution is 0.0820. The van der Waals surface area contributed by atoms with Crippen LogP contribution in [0.15, 0.2) is 0 Å². The van der Waals surface area contributed by atoms with Gasteiger partial charge in [-0.05, 0) is 36.0 Å². The second-order valence-electron chi connectivity index (χ2n) is 7.07. The van der Waals surface area contributed by atoms with Crippen LogP contribution in [0, 0.1) is 16.7 Å². The molecule has 1 heteroatoms. The highest BCUT2D eigenvalue weighted by Crippen LogP contribution is 2.48. The molecule has 2 fully saturated rings. The zero-order valence-corrected chi connectivity index (χ0v) is 10.4. The molecule has 3 atom stereocenters. The van der Waals surface area contributed by atoms with Crippen LogP contribution in [0.1, 0.15) is 53.9 Å². The average Bonchev–Trinajstić information content (AvgIpc) is 2.47. The summed E-state index contributed by atoms with van der Waals surface area (Å²) in [5.74, 6) is 0.902. The van der Waals surface area contributed by atoms with Crippen LogP contribution in [-0.4, -0.2) is 12.1 Å². The molecule has 14 heavy (non-hydrogen) atoms. The van der Waals surface area contributed by atoms with Gasteiger partial charge in [0.15, 0.2) is 0 Å². The molecule has 2 saturated carbocycles. The van der Waals surface area contributed by atoms with Crippen LogP contribution in [0.25, 0.3) is 0 Å². The van der Waals surface area contributed by atoms with Crippen molar-refractivity contribution in [1.82, 2.24) is 5.32 Å². The van der Waals surface area contributed by atoms with Crippen molar-refractivity contribution < 1.29 is 0 Å². The Bertz CT molecular complexity index is 224. The third kappa shape index (κ3) is 1.84. The summed E-state index contributed by atoms with van der Waals surface area (Å²) in [4.78, 5) is 0. The summed E-state index contributed by atoms with van der Waals surface area (Å²) in [6.45, 7) is 11.9. The van der Waals surface area contributed by atoms with Gasteiger partial charge in [-0.25, -0.2) is 0 Å². The Kier molecular flexibility index (Phi) is 2.23. The van der Waals surface area contributed by atoms with Crippen LogP contribution in [0.2, 0.25) is 0 Å². The molecular formula is C13H25N. The van der Waals surface area contributed by atoms with Crippen LogP contribution < -0.4 is 5.32 Å². The zero-order valence-electron chi connectivity index (χ0n) is 10.4. The lowest BCUT2D eigenvalue weighted by Crippen LogP contribution is -2.50. The molecule has 0 saturated heterocycles. The van der Waals surface area contributed by atoms with E-state index in [1.807, 2.05) is 0 Å². The molecular weight excluding hydrogens is 170 g/mol. The van der Waals surface area contributed by atoms with E-state index in [0.29, 0.717) is 10.8 Å². The Morgan fingerprint density at radius 1 is 1.14 bits per heavy atom. The van der Waals surface area contributed by atoms with Crippen molar-refractivity contribution in [2.75, 3.05) is 0 Å². The van der Waals surface area contributed by atoms with Gasteiger partial charge in [-0.3, -0.25) is 0 Å². The van der Waals surface area contributed by atoms with Crippen LogP contribution >= 0.6 is 0 Å². The third-order valence-electron chi connectivity index (χ3n) is 4.32. The molecule has 0 spiro atoms. The molecule has 0 aromatic rings. The molecule has 82 valence electrons. The Morgan fingerprint density at radius 3 is 2.00 bits per heavy atom. The maximum Gasteiger partial charge on any atom is 0.0127 e. The molecule has 1 N–H and O–H groups in total. The fourth-order valence-electron chi connectivity index (χ4n) is 2.75. The predicted molar refractivity (Wildman–Crippen MR) is 61.3 cm³/mol. The maximum absolute atomic E-state index is 3.84. The van der Waals surface area contributed by atoms with E-state index in [1.54, 1.807) is 0 Å². The molecule has 1 nitrogen and oxygen atoms in total. The molecule has 3 unspecified atom stereocenters. The Morgan fingerprint density at radius 2 is 1.71 bits per heavy atom. The quantitative estimate of drug-likeness (QED) is 0.713.